The fourth-order valence-electron chi connectivity index (χ4n) is 3.38. The number of nitrogens with zero attached hydrogens (tertiary/aromatic N) is 7. The number of pyridine rings is 2. The first-order chi connectivity index (χ1) is 13.2. The Hall–Kier alpha value is -3.61. The third-order valence-corrected chi connectivity index (χ3v) is 4.89. The molecule has 0 bridgehead atoms. The SMILES string of the molecule is Cc1c(C)n(Cc2ccccn2)c2ncn3nc(-c4ccccn4)nc3c12. The molecule has 0 unspecified atom stereocenters. The molecule has 0 aliphatic heterocycles. The zero-order valence-corrected chi connectivity index (χ0v) is 15.0. The van der Waals surface area contributed by atoms with Gasteiger partial charge in [-0.05, 0) is 43.7 Å². The average molecular weight is 355 g/mol. The summed E-state index contributed by atoms with van der Waals surface area (Å²) in [4.78, 5) is 18.2. The van der Waals surface area contributed by atoms with Crippen molar-refractivity contribution in [3.8, 4) is 11.5 Å². The van der Waals surface area contributed by atoms with Gasteiger partial charge in [0.05, 0.1) is 17.6 Å². The van der Waals surface area contributed by atoms with Crippen LogP contribution in [0.1, 0.15) is 17.0 Å². The van der Waals surface area contributed by atoms with Crippen molar-refractivity contribution < 1.29 is 0 Å². The van der Waals surface area contributed by atoms with Gasteiger partial charge in [-0.2, -0.15) is 0 Å². The molecular weight excluding hydrogens is 338 g/mol. The first-order valence-electron chi connectivity index (χ1n) is 8.74. The standard InChI is InChI=1S/C20H17N7/c1-13-14(2)26(11-15-7-3-5-9-21-15)19-17(13)20-24-18(25-27(20)12-23-19)16-8-4-6-10-22-16/h3-10,12H,11H2,1-2H3. The van der Waals surface area contributed by atoms with Gasteiger partial charge in [-0.3, -0.25) is 9.97 Å². The Bertz CT molecular complexity index is 1250. The predicted octanol–water partition coefficient (Wildman–Crippen LogP) is 3.20. The zero-order chi connectivity index (χ0) is 18.4. The van der Waals surface area contributed by atoms with E-state index in [9.17, 15) is 0 Å². The van der Waals surface area contributed by atoms with Crippen LogP contribution in [0.4, 0.5) is 0 Å². The maximum atomic E-state index is 4.75. The van der Waals surface area contributed by atoms with Gasteiger partial charge in [0.15, 0.2) is 5.65 Å². The van der Waals surface area contributed by atoms with Crippen LogP contribution in [-0.4, -0.2) is 34.1 Å². The molecule has 0 amide bonds. The number of aryl methyl sites for hydroxylation is 1. The molecule has 0 aliphatic rings. The highest BCUT2D eigenvalue weighted by molar-refractivity contribution is 5.94. The number of hydrogen-bond donors (Lipinski definition) is 0. The average Bonchev–Trinajstić information content (AvgIpc) is 3.25. The van der Waals surface area contributed by atoms with Gasteiger partial charge in [0.25, 0.3) is 0 Å². The van der Waals surface area contributed by atoms with Crippen LogP contribution in [0.25, 0.3) is 28.2 Å². The van der Waals surface area contributed by atoms with Crippen molar-refractivity contribution in [3.05, 3.63) is 72.1 Å². The molecule has 0 atom stereocenters. The second-order valence-electron chi connectivity index (χ2n) is 6.48. The Morgan fingerprint density at radius 3 is 2.44 bits per heavy atom. The van der Waals surface area contributed by atoms with E-state index in [1.807, 2.05) is 42.6 Å². The van der Waals surface area contributed by atoms with Crippen LogP contribution < -0.4 is 0 Å². The molecule has 0 saturated carbocycles. The first kappa shape index (κ1) is 15.6. The van der Waals surface area contributed by atoms with Gasteiger partial charge < -0.3 is 4.57 Å². The number of fused-ring (bicyclic) bond motifs is 3. The normalized spacial score (nSPS) is 11.5. The van der Waals surface area contributed by atoms with E-state index in [1.165, 1.54) is 0 Å². The molecule has 0 saturated heterocycles. The van der Waals surface area contributed by atoms with E-state index in [0.717, 1.165) is 39.3 Å². The molecule has 5 heterocycles. The lowest BCUT2D eigenvalue weighted by atomic mass is 10.2. The summed E-state index contributed by atoms with van der Waals surface area (Å²) in [6, 6.07) is 11.7. The summed E-state index contributed by atoms with van der Waals surface area (Å²) in [6.07, 6.45) is 5.27. The molecule has 0 N–H and O–H groups in total. The Kier molecular flexibility index (Phi) is 3.46. The van der Waals surface area contributed by atoms with Crippen LogP contribution in [0, 0.1) is 13.8 Å². The Labute approximate surface area is 155 Å². The van der Waals surface area contributed by atoms with E-state index in [4.69, 9.17) is 4.98 Å². The monoisotopic (exact) mass is 355 g/mol. The molecule has 27 heavy (non-hydrogen) atoms. The van der Waals surface area contributed by atoms with E-state index in [2.05, 4.69) is 38.5 Å². The van der Waals surface area contributed by atoms with Crippen LogP contribution in [0.2, 0.25) is 0 Å². The molecule has 0 aliphatic carbocycles. The topological polar surface area (TPSA) is 73.8 Å². The smallest absolute Gasteiger partial charge is 0.200 e. The Balaban J connectivity index is 1.72. The molecule has 5 rings (SSSR count). The van der Waals surface area contributed by atoms with E-state index in [-0.39, 0.29) is 0 Å². The minimum atomic E-state index is 0.597. The summed E-state index contributed by atoms with van der Waals surface area (Å²) in [6.45, 7) is 4.87. The Morgan fingerprint density at radius 2 is 1.70 bits per heavy atom. The minimum Gasteiger partial charge on any atom is -0.323 e. The number of rotatable bonds is 3. The third kappa shape index (κ3) is 2.47. The molecule has 0 aromatic carbocycles. The van der Waals surface area contributed by atoms with E-state index in [1.54, 1.807) is 17.0 Å². The summed E-state index contributed by atoms with van der Waals surface area (Å²) < 4.78 is 3.91. The zero-order valence-electron chi connectivity index (χ0n) is 15.0. The van der Waals surface area contributed by atoms with Crippen molar-refractivity contribution in [2.75, 3.05) is 0 Å². The van der Waals surface area contributed by atoms with Crippen LogP contribution in [0.3, 0.4) is 0 Å². The third-order valence-electron chi connectivity index (χ3n) is 4.89. The van der Waals surface area contributed by atoms with Gasteiger partial charge in [-0.1, -0.05) is 12.1 Å². The predicted molar refractivity (Wildman–Crippen MR) is 102 cm³/mol. The number of hydrogen-bond acceptors (Lipinski definition) is 5. The largest absolute Gasteiger partial charge is 0.323 e. The number of aromatic nitrogens is 7. The van der Waals surface area contributed by atoms with Crippen LogP contribution in [0.5, 0.6) is 0 Å². The van der Waals surface area contributed by atoms with Gasteiger partial charge in [0.2, 0.25) is 5.82 Å². The summed E-state index contributed by atoms with van der Waals surface area (Å²) in [5, 5.41) is 5.57. The Morgan fingerprint density at radius 1 is 0.889 bits per heavy atom. The lowest BCUT2D eigenvalue weighted by Crippen LogP contribution is -2.04. The van der Waals surface area contributed by atoms with Crippen molar-refractivity contribution in [1.29, 1.82) is 0 Å². The molecule has 5 aromatic heterocycles. The summed E-state index contributed by atoms with van der Waals surface area (Å²) in [7, 11) is 0. The van der Waals surface area contributed by atoms with Gasteiger partial charge >= 0.3 is 0 Å². The highest BCUT2D eigenvalue weighted by Crippen LogP contribution is 2.28. The van der Waals surface area contributed by atoms with Crippen molar-refractivity contribution >= 4 is 16.7 Å². The quantitative estimate of drug-likeness (QED) is 0.497. The van der Waals surface area contributed by atoms with Crippen molar-refractivity contribution in [2.24, 2.45) is 0 Å². The fourth-order valence-corrected chi connectivity index (χ4v) is 3.38. The second-order valence-corrected chi connectivity index (χ2v) is 6.48. The second kappa shape index (κ2) is 5.98. The lowest BCUT2D eigenvalue weighted by Gasteiger charge is -2.07. The fraction of sp³-hybridized carbons (Fsp3) is 0.150. The molecule has 132 valence electrons. The van der Waals surface area contributed by atoms with Gasteiger partial charge in [0, 0.05) is 18.1 Å². The minimum absolute atomic E-state index is 0.597. The molecule has 0 spiro atoms. The highest BCUT2D eigenvalue weighted by Gasteiger charge is 2.18. The molecule has 0 fully saturated rings. The molecule has 5 aromatic rings. The van der Waals surface area contributed by atoms with E-state index < -0.39 is 0 Å². The molecule has 0 radical (unpaired) electrons. The summed E-state index contributed by atoms with van der Waals surface area (Å²) in [5.41, 5.74) is 5.73. The lowest BCUT2D eigenvalue weighted by molar-refractivity contribution is 0.766. The van der Waals surface area contributed by atoms with Crippen molar-refractivity contribution in [2.45, 2.75) is 20.4 Å². The van der Waals surface area contributed by atoms with E-state index in [0.29, 0.717) is 12.4 Å². The van der Waals surface area contributed by atoms with Crippen LogP contribution >= 0.6 is 0 Å². The van der Waals surface area contributed by atoms with Crippen LogP contribution in [-0.2, 0) is 6.54 Å². The van der Waals surface area contributed by atoms with Gasteiger partial charge in [0.1, 0.15) is 17.7 Å². The molecule has 7 nitrogen and oxygen atoms in total. The molecular formula is C20H17N7. The van der Waals surface area contributed by atoms with Gasteiger partial charge in [-0.25, -0.2) is 14.5 Å². The molecule has 7 heteroatoms. The highest BCUT2D eigenvalue weighted by atomic mass is 15.3. The summed E-state index contributed by atoms with van der Waals surface area (Å²) in [5.74, 6) is 0.597. The van der Waals surface area contributed by atoms with Gasteiger partial charge in [-0.15, -0.1) is 5.10 Å². The van der Waals surface area contributed by atoms with Crippen molar-refractivity contribution in [1.82, 2.24) is 34.1 Å². The first-order valence-corrected chi connectivity index (χ1v) is 8.74. The maximum absolute atomic E-state index is 4.75. The van der Waals surface area contributed by atoms with Crippen molar-refractivity contribution in [3.63, 3.8) is 0 Å². The maximum Gasteiger partial charge on any atom is 0.200 e. The van der Waals surface area contributed by atoms with Crippen LogP contribution in [0.15, 0.2) is 55.1 Å². The van der Waals surface area contributed by atoms with E-state index >= 15 is 0 Å². The summed E-state index contributed by atoms with van der Waals surface area (Å²) >= 11 is 0.